The monoisotopic (exact) mass is 411 g/mol. The molecule has 2 atom stereocenters. The predicted octanol–water partition coefficient (Wildman–Crippen LogP) is 4.24. The third-order valence-corrected chi connectivity index (χ3v) is 4.85. The molecule has 7 nitrogen and oxygen atoms in total. The van der Waals surface area contributed by atoms with Crippen LogP contribution in [0.15, 0.2) is 60.7 Å². The second-order valence-electron chi connectivity index (χ2n) is 6.70. The van der Waals surface area contributed by atoms with Crippen LogP contribution in [-0.4, -0.2) is 43.2 Å². The molecular formula is C23H25NO6. The zero-order valence-electron chi connectivity index (χ0n) is 16.9. The molecule has 3 aromatic rings. The minimum Gasteiger partial charge on any atom is -0.504 e. The van der Waals surface area contributed by atoms with Gasteiger partial charge in [-0.1, -0.05) is 42.5 Å². The number of ether oxygens (including phenoxy) is 3. The molecule has 3 rings (SSSR count). The van der Waals surface area contributed by atoms with Gasteiger partial charge in [-0.3, -0.25) is 5.32 Å². The van der Waals surface area contributed by atoms with Crippen LogP contribution in [0.25, 0.3) is 10.8 Å². The Balaban J connectivity index is 1.86. The molecule has 0 aromatic heterocycles. The van der Waals surface area contributed by atoms with Crippen molar-refractivity contribution in [3.8, 4) is 11.5 Å². The molecule has 7 heteroatoms. The van der Waals surface area contributed by atoms with E-state index in [4.69, 9.17) is 14.2 Å². The number of benzene rings is 3. The second kappa shape index (κ2) is 9.96. The molecule has 0 saturated carbocycles. The number of phenols is 1. The fourth-order valence-corrected chi connectivity index (χ4v) is 3.35. The molecule has 0 unspecified atom stereocenters. The summed E-state index contributed by atoms with van der Waals surface area (Å²) in [4.78, 5) is 12.7. The predicted molar refractivity (Wildman–Crippen MR) is 114 cm³/mol. The highest BCUT2D eigenvalue weighted by Gasteiger charge is 2.28. The first-order valence-corrected chi connectivity index (χ1v) is 9.53. The summed E-state index contributed by atoms with van der Waals surface area (Å²) in [6, 6.07) is 18.0. The summed E-state index contributed by atoms with van der Waals surface area (Å²) < 4.78 is 16.2. The molecule has 0 aliphatic rings. The van der Waals surface area contributed by atoms with Gasteiger partial charge < -0.3 is 24.4 Å². The molecule has 0 aliphatic carbocycles. The Hall–Kier alpha value is -3.29. The van der Waals surface area contributed by atoms with Crippen molar-refractivity contribution in [1.82, 2.24) is 0 Å². The van der Waals surface area contributed by atoms with E-state index < -0.39 is 18.3 Å². The van der Waals surface area contributed by atoms with Crippen molar-refractivity contribution in [3.63, 3.8) is 0 Å². The van der Waals surface area contributed by atoms with E-state index in [0.717, 1.165) is 10.8 Å². The third kappa shape index (κ3) is 4.82. The fourth-order valence-electron chi connectivity index (χ4n) is 3.35. The first-order valence-electron chi connectivity index (χ1n) is 9.53. The lowest BCUT2D eigenvalue weighted by Crippen LogP contribution is -2.29. The molecular weight excluding hydrogens is 386 g/mol. The topological polar surface area (TPSA) is 97.3 Å². The average molecular weight is 411 g/mol. The van der Waals surface area contributed by atoms with Gasteiger partial charge in [0, 0.05) is 25.5 Å². The number of phenolic OH excluding ortho intramolecular Hbond substituents is 1. The number of hydrogen-bond donors (Lipinski definition) is 3. The van der Waals surface area contributed by atoms with E-state index >= 15 is 0 Å². The lowest BCUT2D eigenvalue weighted by Gasteiger charge is -2.26. The smallest absolute Gasteiger partial charge is 0.412 e. The molecule has 158 valence electrons. The number of amides is 1. The van der Waals surface area contributed by atoms with Crippen LogP contribution in [0, 0.1) is 0 Å². The Morgan fingerprint density at radius 1 is 1.07 bits per heavy atom. The summed E-state index contributed by atoms with van der Waals surface area (Å²) in [6.07, 6.45) is -1.89. The van der Waals surface area contributed by atoms with Gasteiger partial charge in [-0.2, -0.15) is 0 Å². The molecule has 0 spiro atoms. The highest BCUT2D eigenvalue weighted by atomic mass is 16.6. The molecule has 0 radical (unpaired) electrons. The van der Waals surface area contributed by atoms with Crippen molar-refractivity contribution in [3.05, 3.63) is 66.2 Å². The summed E-state index contributed by atoms with van der Waals surface area (Å²) in [5.41, 5.74) is 1.13. The summed E-state index contributed by atoms with van der Waals surface area (Å²) in [5.74, 6) is 0.214. The summed E-state index contributed by atoms with van der Waals surface area (Å²) in [7, 11) is 2.92. The van der Waals surface area contributed by atoms with E-state index in [2.05, 4.69) is 5.32 Å². The zero-order valence-corrected chi connectivity index (χ0v) is 16.9. The SMILES string of the molecule is COc1ccc([C@H](OC(=O)Nc2cccc3ccccc23)[C@H](CCO)OC)cc1O. The Morgan fingerprint density at radius 3 is 2.53 bits per heavy atom. The van der Waals surface area contributed by atoms with Gasteiger partial charge in [-0.25, -0.2) is 4.79 Å². The van der Waals surface area contributed by atoms with Gasteiger partial charge in [0.05, 0.1) is 12.8 Å². The number of nitrogens with one attached hydrogen (secondary N) is 1. The normalized spacial score (nSPS) is 12.9. The number of hydrogen-bond acceptors (Lipinski definition) is 6. The highest BCUT2D eigenvalue weighted by molar-refractivity contribution is 6.00. The van der Waals surface area contributed by atoms with Gasteiger partial charge in [0.1, 0.15) is 6.10 Å². The van der Waals surface area contributed by atoms with Crippen LogP contribution in [-0.2, 0) is 9.47 Å². The number of fused-ring (bicyclic) bond motifs is 1. The maximum Gasteiger partial charge on any atom is 0.412 e. The molecule has 3 N–H and O–H groups in total. The summed E-state index contributed by atoms with van der Waals surface area (Å²) >= 11 is 0. The molecule has 0 aliphatic heterocycles. The third-order valence-electron chi connectivity index (χ3n) is 4.85. The molecule has 3 aromatic carbocycles. The van der Waals surface area contributed by atoms with E-state index in [1.54, 1.807) is 18.2 Å². The minimum atomic E-state index is -0.853. The summed E-state index contributed by atoms with van der Waals surface area (Å²) in [5, 5.41) is 24.2. The quantitative estimate of drug-likeness (QED) is 0.513. The van der Waals surface area contributed by atoms with E-state index in [1.165, 1.54) is 20.3 Å². The number of aromatic hydroxyl groups is 1. The van der Waals surface area contributed by atoms with Gasteiger partial charge in [0.25, 0.3) is 0 Å². The Bertz CT molecular complexity index is 1000. The van der Waals surface area contributed by atoms with Crippen molar-refractivity contribution in [1.29, 1.82) is 0 Å². The van der Waals surface area contributed by atoms with Crippen LogP contribution < -0.4 is 10.1 Å². The van der Waals surface area contributed by atoms with Crippen molar-refractivity contribution < 1.29 is 29.2 Å². The van der Waals surface area contributed by atoms with Crippen LogP contribution in [0.3, 0.4) is 0 Å². The van der Waals surface area contributed by atoms with E-state index in [1.807, 2.05) is 36.4 Å². The molecule has 0 heterocycles. The van der Waals surface area contributed by atoms with Crippen LogP contribution in [0.1, 0.15) is 18.1 Å². The Morgan fingerprint density at radius 2 is 1.83 bits per heavy atom. The number of aliphatic hydroxyl groups excluding tert-OH is 1. The summed E-state index contributed by atoms with van der Waals surface area (Å²) in [6.45, 7) is -0.147. The first kappa shape index (κ1) is 21.4. The number of anilines is 1. The number of methoxy groups -OCH3 is 2. The Kier molecular flexibility index (Phi) is 7.11. The van der Waals surface area contributed by atoms with E-state index in [0.29, 0.717) is 17.0 Å². The van der Waals surface area contributed by atoms with Crippen LogP contribution in [0.5, 0.6) is 11.5 Å². The number of rotatable bonds is 8. The van der Waals surface area contributed by atoms with Crippen LogP contribution in [0.2, 0.25) is 0 Å². The van der Waals surface area contributed by atoms with Gasteiger partial charge >= 0.3 is 6.09 Å². The van der Waals surface area contributed by atoms with Crippen LogP contribution >= 0.6 is 0 Å². The standard InChI is InChI=1S/C23H25NO6/c1-28-20-11-10-16(14-19(20)26)22(21(29-2)12-13-25)30-23(27)24-18-9-5-7-15-6-3-4-8-17(15)18/h3-11,14,21-22,25-26H,12-13H2,1-2H3,(H,24,27)/t21-,22-/m0/s1. The number of carbonyl (C=O) groups is 1. The van der Waals surface area contributed by atoms with Crippen molar-refractivity contribution in [2.45, 2.75) is 18.6 Å². The van der Waals surface area contributed by atoms with E-state index in [-0.39, 0.29) is 18.8 Å². The molecule has 0 saturated heterocycles. The molecule has 0 fully saturated rings. The van der Waals surface area contributed by atoms with Crippen molar-refractivity contribution >= 4 is 22.6 Å². The average Bonchev–Trinajstić information content (AvgIpc) is 2.76. The van der Waals surface area contributed by atoms with Gasteiger partial charge in [0.15, 0.2) is 17.6 Å². The fraction of sp³-hybridized carbons (Fsp3) is 0.261. The Labute approximate surface area is 174 Å². The van der Waals surface area contributed by atoms with Crippen molar-refractivity contribution in [2.75, 3.05) is 26.1 Å². The molecule has 0 bridgehead atoms. The number of aliphatic hydroxyl groups is 1. The zero-order chi connectivity index (χ0) is 21.5. The van der Waals surface area contributed by atoms with Gasteiger partial charge in [0.2, 0.25) is 0 Å². The number of carbonyl (C=O) groups excluding carboxylic acids is 1. The van der Waals surface area contributed by atoms with Crippen LogP contribution in [0.4, 0.5) is 10.5 Å². The largest absolute Gasteiger partial charge is 0.504 e. The van der Waals surface area contributed by atoms with E-state index in [9.17, 15) is 15.0 Å². The van der Waals surface area contributed by atoms with Crippen molar-refractivity contribution in [2.24, 2.45) is 0 Å². The maximum atomic E-state index is 12.7. The lowest BCUT2D eigenvalue weighted by atomic mass is 10.0. The lowest BCUT2D eigenvalue weighted by molar-refractivity contribution is -0.0306. The first-order chi connectivity index (χ1) is 14.6. The maximum absolute atomic E-state index is 12.7. The van der Waals surface area contributed by atoms with Gasteiger partial charge in [-0.05, 0) is 29.1 Å². The van der Waals surface area contributed by atoms with Gasteiger partial charge in [-0.15, -0.1) is 0 Å². The highest BCUT2D eigenvalue weighted by Crippen LogP contribution is 2.33. The minimum absolute atomic E-state index is 0.0862. The second-order valence-corrected chi connectivity index (χ2v) is 6.70. The molecule has 30 heavy (non-hydrogen) atoms. The molecule has 1 amide bonds.